The van der Waals surface area contributed by atoms with E-state index in [-0.39, 0.29) is 0 Å². The van der Waals surface area contributed by atoms with Gasteiger partial charge in [-0.05, 0) is 77.9 Å². The molecule has 10 rings (SSSR count). The van der Waals surface area contributed by atoms with E-state index in [1.807, 2.05) is 23.5 Å². The summed E-state index contributed by atoms with van der Waals surface area (Å²) in [6.07, 6.45) is 0. The van der Waals surface area contributed by atoms with Crippen LogP contribution in [-0.4, -0.2) is 9.13 Å². The molecular formula is C43H25N3S. The minimum absolute atomic E-state index is 0.633. The molecule has 0 fully saturated rings. The molecule has 10 aromatic rings. The van der Waals surface area contributed by atoms with Crippen molar-refractivity contribution >= 4 is 75.1 Å². The van der Waals surface area contributed by atoms with Crippen LogP contribution in [0.2, 0.25) is 0 Å². The second-order valence-corrected chi connectivity index (χ2v) is 13.2. The number of nitrogens with zero attached hydrogens (tertiary/aromatic N) is 3. The molecule has 3 aromatic heterocycles. The molecule has 218 valence electrons. The van der Waals surface area contributed by atoms with Crippen molar-refractivity contribution in [3.63, 3.8) is 0 Å². The lowest BCUT2D eigenvalue weighted by Crippen LogP contribution is -1.97. The normalized spacial score (nSPS) is 11.8. The third-order valence-electron chi connectivity index (χ3n) is 9.49. The Hall–Kier alpha value is -6.15. The van der Waals surface area contributed by atoms with Gasteiger partial charge in [0.1, 0.15) is 0 Å². The van der Waals surface area contributed by atoms with Gasteiger partial charge in [0.25, 0.3) is 0 Å². The number of thiophene rings is 1. The summed E-state index contributed by atoms with van der Waals surface area (Å²) in [4.78, 5) is 0. The first-order valence-electron chi connectivity index (χ1n) is 15.7. The van der Waals surface area contributed by atoms with Gasteiger partial charge in [-0.1, -0.05) is 84.9 Å². The molecule has 7 aromatic carbocycles. The second kappa shape index (κ2) is 9.92. The van der Waals surface area contributed by atoms with Gasteiger partial charge in [-0.15, -0.1) is 11.3 Å². The molecule has 3 heterocycles. The van der Waals surface area contributed by atoms with Crippen LogP contribution >= 0.6 is 11.3 Å². The summed E-state index contributed by atoms with van der Waals surface area (Å²) in [6.45, 7) is 0. The number of fused-ring (bicyclic) bond motifs is 9. The maximum atomic E-state index is 10.2. The van der Waals surface area contributed by atoms with Crippen LogP contribution in [0.3, 0.4) is 0 Å². The average Bonchev–Trinajstić information content (AvgIpc) is 3.78. The lowest BCUT2D eigenvalue weighted by Gasteiger charge is -2.13. The number of rotatable bonds is 3. The van der Waals surface area contributed by atoms with E-state index in [2.05, 4.69) is 155 Å². The first kappa shape index (κ1) is 26.1. The SMILES string of the molecule is N#Cc1cc(-c2cccc(-n3c4ccccc4c4cc5sc6ccccc6c5cc43)c2)cc(-n2c3ccccc3c3ccccc32)c1. The Balaban J connectivity index is 1.20. The third-order valence-corrected chi connectivity index (χ3v) is 10.6. The molecule has 3 nitrogen and oxygen atoms in total. The summed E-state index contributed by atoms with van der Waals surface area (Å²) >= 11 is 1.86. The molecule has 0 aliphatic heterocycles. The van der Waals surface area contributed by atoms with E-state index < -0.39 is 0 Å². The molecule has 47 heavy (non-hydrogen) atoms. The summed E-state index contributed by atoms with van der Waals surface area (Å²) in [7, 11) is 0. The van der Waals surface area contributed by atoms with Crippen LogP contribution < -0.4 is 0 Å². The van der Waals surface area contributed by atoms with Gasteiger partial charge in [0.2, 0.25) is 0 Å². The van der Waals surface area contributed by atoms with Crippen molar-refractivity contribution in [2.75, 3.05) is 0 Å². The summed E-state index contributed by atoms with van der Waals surface area (Å²) in [5.41, 5.74) is 9.40. The lowest BCUT2D eigenvalue weighted by molar-refractivity contribution is 1.17. The maximum Gasteiger partial charge on any atom is 0.0992 e. The highest BCUT2D eigenvalue weighted by atomic mass is 32.1. The van der Waals surface area contributed by atoms with Gasteiger partial charge >= 0.3 is 0 Å². The van der Waals surface area contributed by atoms with Crippen molar-refractivity contribution in [2.24, 2.45) is 0 Å². The fourth-order valence-electron chi connectivity index (χ4n) is 7.46. The highest BCUT2D eigenvalue weighted by Gasteiger charge is 2.17. The Morgan fingerprint density at radius 2 is 1.00 bits per heavy atom. The molecule has 0 spiro atoms. The minimum Gasteiger partial charge on any atom is -0.309 e. The maximum absolute atomic E-state index is 10.2. The quantitative estimate of drug-likeness (QED) is 0.195. The first-order valence-corrected chi connectivity index (χ1v) is 16.6. The van der Waals surface area contributed by atoms with E-state index in [1.54, 1.807) is 0 Å². The third kappa shape index (κ3) is 3.85. The molecule has 0 amide bonds. The van der Waals surface area contributed by atoms with Crippen LogP contribution in [0.5, 0.6) is 0 Å². The monoisotopic (exact) mass is 615 g/mol. The van der Waals surface area contributed by atoms with E-state index in [4.69, 9.17) is 0 Å². The van der Waals surface area contributed by atoms with E-state index in [0.29, 0.717) is 5.56 Å². The Morgan fingerprint density at radius 3 is 1.70 bits per heavy atom. The largest absolute Gasteiger partial charge is 0.309 e. The smallest absolute Gasteiger partial charge is 0.0992 e. The Kier molecular flexibility index (Phi) is 5.51. The van der Waals surface area contributed by atoms with Gasteiger partial charge in [0.05, 0.1) is 33.7 Å². The lowest BCUT2D eigenvalue weighted by atomic mass is 10.0. The number of hydrogen-bond donors (Lipinski definition) is 0. The van der Waals surface area contributed by atoms with Crippen LogP contribution in [0.15, 0.2) is 152 Å². The number of nitriles is 1. The van der Waals surface area contributed by atoms with Crippen LogP contribution in [0.1, 0.15) is 5.56 Å². The predicted molar refractivity (Wildman–Crippen MR) is 198 cm³/mol. The van der Waals surface area contributed by atoms with Crippen molar-refractivity contribution in [1.82, 2.24) is 9.13 Å². The molecule has 0 saturated carbocycles. The first-order chi connectivity index (χ1) is 23.2. The average molecular weight is 616 g/mol. The van der Waals surface area contributed by atoms with Gasteiger partial charge in [-0.3, -0.25) is 0 Å². The Bertz CT molecular complexity index is 2880. The molecule has 0 radical (unpaired) electrons. The van der Waals surface area contributed by atoms with Crippen molar-refractivity contribution in [3.8, 4) is 28.6 Å². The highest BCUT2D eigenvalue weighted by Crippen LogP contribution is 2.41. The number of benzene rings is 7. The molecule has 4 heteroatoms. The molecule has 0 bridgehead atoms. The fourth-order valence-corrected chi connectivity index (χ4v) is 8.59. The van der Waals surface area contributed by atoms with E-state index in [0.717, 1.165) is 33.5 Å². The number of aromatic nitrogens is 2. The van der Waals surface area contributed by atoms with Gasteiger partial charge < -0.3 is 9.13 Å². The van der Waals surface area contributed by atoms with Crippen molar-refractivity contribution < 1.29 is 0 Å². The zero-order valence-electron chi connectivity index (χ0n) is 25.2. The molecule has 0 saturated heterocycles. The second-order valence-electron chi connectivity index (χ2n) is 12.1. The number of hydrogen-bond acceptors (Lipinski definition) is 2. The van der Waals surface area contributed by atoms with Gasteiger partial charge in [0, 0.05) is 53.1 Å². The number of para-hydroxylation sites is 3. The summed E-state index contributed by atoms with van der Waals surface area (Å²) in [6, 6.07) is 56.5. The molecule has 0 aliphatic rings. The highest BCUT2D eigenvalue weighted by molar-refractivity contribution is 7.25. The molecule has 0 N–H and O–H groups in total. The van der Waals surface area contributed by atoms with Crippen LogP contribution in [0.25, 0.3) is 86.3 Å². The van der Waals surface area contributed by atoms with Crippen LogP contribution in [0, 0.1) is 11.3 Å². The van der Waals surface area contributed by atoms with E-state index in [1.165, 1.54) is 52.8 Å². The standard InChI is InChI=1S/C43H25N3S/c44-26-27-20-29(23-31(21-27)46-38-16-5-1-12-32(38)33-13-2-6-17-39(33)46)28-10-9-11-30(22-28)45-40-18-7-3-14-34(40)36-25-43-37(24-41(36)45)35-15-4-8-19-42(35)47-43/h1-25H. The van der Waals surface area contributed by atoms with Gasteiger partial charge in [-0.2, -0.15) is 5.26 Å². The molecule has 0 atom stereocenters. The Labute approximate surface area is 274 Å². The van der Waals surface area contributed by atoms with E-state index in [9.17, 15) is 5.26 Å². The van der Waals surface area contributed by atoms with Crippen LogP contribution in [0.4, 0.5) is 0 Å². The van der Waals surface area contributed by atoms with E-state index >= 15 is 0 Å². The van der Waals surface area contributed by atoms with Crippen LogP contribution in [-0.2, 0) is 0 Å². The fraction of sp³-hybridized carbons (Fsp3) is 0. The van der Waals surface area contributed by atoms with Gasteiger partial charge in [0.15, 0.2) is 0 Å². The predicted octanol–water partition coefficient (Wildman–Crippen LogP) is 11.8. The zero-order chi connectivity index (χ0) is 31.1. The van der Waals surface area contributed by atoms with Gasteiger partial charge in [-0.25, -0.2) is 0 Å². The minimum atomic E-state index is 0.633. The summed E-state index contributed by atoms with van der Waals surface area (Å²) in [5.74, 6) is 0. The molecule has 0 aliphatic carbocycles. The molecular weight excluding hydrogens is 591 g/mol. The van der Waals surface area contributed by atoms with Crippen molar-refractivity contribution in [3.05, 3.63) is 157 Å². The van der Waals surface area contributed by atoms with Crippen molar-refractivity contribution in [1.29, 1.82) is 5.26 Å². The van der Waals surface area contributed by atoms with Crippen molar-refractivity contribution in [2.45, 2.75) is 0 Å². The topological polar surface area (TPSA) is 33.6 Å². The summed E-state index contributed by atoms with van der Waals surface area (Å²) in [5, 5.41) is 17.7. The Morgan fingerprint density at radius 1 is 0.404 bits per heavy atom. The summed E-state index contributed by atoms with van der Waals surface area (Å²) < 4.78 is 7.29. The zero-order valence-corrected chi connectivity index (χ0v) is 26.0. The molecule has 0 unspecified atom stereocenters.